The number of aliphatic imine (C=N–C) groups is 1. The van der Waals surface area contributed by atoms with Gasteiger partial charge in [0.1, 0.15) is 0 Å². The molecule has 0 saturated heterocycles. The van der Waals surface area contributed by atoms with Crippen molar-refractivity contribution in [1.29, 1.82) is 0 Å². The lowest BCUT2D eigenvalue weighted by molar-refractivity contribution is -0.137. The summed E-state index contributed by atoms with van der Waals surface area (Å²) >= 11 is 0. The minimum atomic E-state index is -4.32. The molecule has 0 radical (unpaired) electrons. The number of hydrogen-bond acceptors (Lipinski definition) is 4. The maximum absolute atomic E-state index is 12.6. The third kappa shape index (κ3) is 6.46. The molecule has 0 spiro atoms. The molecule has 1 heterocycles. The van der Waals surface area contributed by atoms with Crippen molar-refractivity contribution in [3.05, 3.63) is 47.1 Å². The van der Waals surface area contributed by atoms with Gasteiger partial charge in [0.2, 0.25) is 5.89 Å². The summed E-state index contributed by atoms with van der Waals surface area (Å²) in [7, 11) is 3.45. The molecule has 1 N–H and O–H groups in total. The van der Waals surface area contributed by atoms with E-state index in [1.807, 2.05) is 11.9 Å². The number of aromatic nitrogens is 2. The van der Waals surface area contributed by atoms with Gasteiger partial charge >= 0.3 is 6.18 Å². The van der Waals surface area contributed by atoms with Gasteiger partial charge in [-0.2, -0.15) is 18.2 Å². The predicted octanol–water partition coefficient (Wildman–Crippen LogP) is 3.26. The van der Waals surface area contributed by atoms with Crippen LogP contribution >= 0.6 is 24.0 Å². The average Bonchev–Trinajstić information content (AvgIpc) is 2.96. The number of rotatable bonds is 5. The van der Waals surface area contributed by atoms with Crippen molar-refractivity contribution in [1.82, 2.24) is 20.4 Å². The highest BCUT2D eigenvalue weighted by Gasteiger charge is 2.29. The van der Waals surface area contributed by atoms with Crippen LogP contribution in [0.4, 0.5) is 13.2 Å². The maximum Gasteiger partial charge on any atom is 0.416 e. The van der Waals surface area contributed by atoms with Gasteiger partial charge in [-0.25, -0.2) is 0 Å². The molecule has 0 fully saturated rings. The zero-order valence-corrected chi connectivity index (χ0v) is 17.0. The Bertz CT molecular complexity index is 715. The number of halogens is 4. The summed E-state index contributed by atoms with van der Waals surface area (Å²) in [6, 6.07) is 5.09. The second-order valence-electron chi connectivity index (χ2n) is 5.51. The lowest BCUT2D eigenvalue weighted by atomic mass is 10.1. The molecule has 0 saturated carbocycles. The standard InChI is InChI=1S/C16H20F3N5O.HI/c1-11-22-14(25-23-11)8-9-21-15(20-2)24(3)10-12-4-6-13(7-5-12)16(17,18)19;/h4-7H,8-10H2,1-3H3,(H,20,21);1H. The Balaban J connectivity index is 0.00000338. The molecule has 2 rings (SSSR count). The van der Waals surface area contributed by atoms with Gasteiger partial charge in [0.05, 0.1) is 5.56 Å². The smallest absolute Gasteiger partial charge is 0.356 e. The van der Waals surface area contributed by atoms with E-state index in [2.05, 4.69) is 20.4 Å². The highest BCUT2D eigenvalue weighted by molar-refractivity contribution is 14.0. The van der Waals surface area contributed by atoms with E-state index >= 15 is 0 Å². The fourth-order valence-electron chi connectivity index (χ4n) is 2.26. The Morgan fingerprint density at radius 3 is 2.42 bits per heavy atom. The molecule has 2 aromatic rings. The number of hydrogen-bond donors (Lipinski definition) is 1. The van der Waals surface area contributed by atoms with Gasteiger partial charge in [-0.05, 0) is 24.6 Å². The molecule has 0 atom stereocenters. The predicted molar refractivity (Wildman–Crippen MR) is 102 cm³/mol. The van der Waals surface area contributed by atoms with Crippen LogP contribution < -0.4 is 5.32 Å². The highest BCUT2D eigenvalue weighted by atomic mass is 127. The van der Waals surface area contributed by atoms with E-state index in [-0.39, 0.29) is 24.0 Å². The molecule has 0 bridgehead atoms. The van der Waals surface area contributed by atoms with E-state index in [0.717, 1.165) is 17.7 Å². The average molecular weight is 483 g/mol. The van der Waals surface area contributed by atoms with Crippen molar-refractivity contribution < 1.29 is 17.7 Å². The van der Waals surface area contributed by atoms with Crippen LogP contribution in [0.2, 0.25) is 0 Å². The Hall–Kier alpha value is -1.85. The van der Waals surface area contributed by atoms with Crippen molar-refractivity contribution in [2.24, 2.45) is 4.99 Å². The molecule has 0 aliphatic carbocycles. The first kappa shape index (κ1) is 22.2. The molecule has 144 valence electrons. The molecule has 26 heavy (non-hydrogen) atoms. The van der Waals surface area contributed by atoms with Crippen LogP contribution in [0, 0.1) is 6.92 Å². The molecule has 10 heteroatoms. The van der Waals surface area contributed by atoms with Gasteiger partial charge in [0.15, 0.2) is 11.8 Å². The van der Waals surface area contributed by atoms with Crippen LogP contribution in [-0.4, -0.2) is 41.6 Å². The monoisotopic (exact) mass is 483 g/mol. The number of guanidine groups is 1. The zero-order valence-electron chi connectivity index (χ0n) is 14.7. The minimum Gasteiger partial charge on any atom is -0.356 e. The molecule has 1 aromatic carbocycles. The van der Waals surface area contributed by atoms with Gasteiger partial charge < -0.3 is 14.7 Å². The molecule has 6 nitrogen and oxygen atoms in total. The number of alkyl halides is 3. The molecule has 0 amide bonds. The van der Waals surface area contributed by atoms with Gasteiger partial charge in [-0.15, -0.1) is 24.0 Å². The largest absolute Gasteiger partial charge is 0.416 e. The van der Waals surface area contributed by atoms with Crippen molar-refractivity contribution >= 4 is 29.9 Å². The number of nitrogens with one attached hydrogen (secondary N) is 1. The van der Waals surface area contributed by atoms with Crippen LogP contribution in [0.3, 0.4) is 0 Å². The molecule has 0 aliphatic rings. The van der Waals surface area contributed by atoms with E-state index in [1.165, 1.54) is 12.1 Å². The number of nitrogens with zero attached hydrogens (tertiary/aromatic N) is 4. The maximum atomic E-state index is 12.6. The SMILES string of the molecule is CN=C(NCCc1nc(C)no1)N(C)Cc1ccc(C(F)(F)F)cc1.I. The molecular formula is C16H21F3IN5O. The Morgan fingerprint density at radius 2 is 1.92 bits per heavy atom. The fraction of sp³-hybridized carbons (Fsp3) is 0.438. The Labute approximate surface area is 166 Å². The summed E-state index contributed by atoms with van der Waals surface area (Å²) in [6.07, 6.45) is -3.77. The van der Waals surface area contributed by atoms with E-state index in [9.17, 15) is 13.2 Å². The van der Waals surface area contributed by atoms with Crippen molar-refractivity contribution in [3.63, 3.8) is 0 Å². The minimum absolute atomic E-state index is 0. The van der Waals surface area contributed by atoms with Crippen molar-refractivity contribution in [2.45, 2.75) is 26.1 Å². The van der Waals surface area contributed by atoms with Crippen LogP contribution in [-0.2, 0) is 19.1 Å². The van der Waals surface area contributed by atoms with E-state index < -0.39 is 11.7 Å². The first-order chi connectivity index (χ1) is 11.8. The second-order valence-corrected chi connectivity index (χ2v) is 5.51. The van der Waals surface area contributed by atoms with E-state index in [4.69, 9.17) is 4.52 Å². The number of benzene rings is 1. The van der Waals surface area contributed by atoms with Gasteiger partial charge in [0, 0.05) is 33.6 Å². The fourth-order valence-corrected chi connectivity index (χ4v) is 2.26. The first-order valence-electron chi connectivity index (χ1n) is 7.66. The third-order valence-electron chi connectivity index (χ3n) is 3.47. The van der Waals surface area contributed by atoms with Gasteiger partial charge in [-0.3, -0.25) is 4.99 Å². The van der Waals surface area contributed by atoms with Crippen LogP contribution in [0.25, 0.3) is 0 Å². The van der Waals surface area contributed by atoms with Crippen molar-refractivity contribution in [2.75, 3.05) is 20.6 Å². The summed E-state index contributed by atoms with van der Waals surface area (Å²) in [6.45, 7) is 2.72. The van der Waals surface area contributed by atoms with Gasteiger partial charge in [-0.1, -0.05) is 17.3 Å². The normalized spacial score (nSPS) is 11.8. The van der Waals surface area contributed by atoms with Crippen LogP contribution in [0.5, 0.6) is 0 Å². The summed E-state index contributed by atoms with van der Waals surface area (Å²) in [5.41, 5.74) is 0.0993. The van der Waals surface area contributed by atoms with E-state index in [0.29, 0.717) is 37.2 Å². The summed E-state index contributed by atoms with van der Waals surface area (Å²) in [5.74, 6) is 1.74. The molecule has 1 aromatic heterocycles. The summed E-state index contributed by atoms with van der Waals surface area (Å²) in [4.78, 5) is 10.1. The second kappa shape index (κ2) is 9.74. The third-order valence-corrected chi connectivity index (χ3v) is 3.47. The summed E-state index contributed by atoms with van der Waals surface area (Å²) < 4.78 is 42.8. The highest BCUT2D eigenvalue weighted by Crippen LogP contribution is 2.29. The lowest BCUT2D eigenvalue weighted by Crippen LogP contribution is -2.39. The number of aryl methyl sites for hydroxylation is 1. The first-order valence-corrected chi connectivity index (χ1v) is 7.66. The summed E-state index contributed by atoms with van der Waals surface area (Å²) in [5, 5.41) is 6.87. The molecule has 0 aliphatic heterocycles. The van der Waals surface area contributed by atoms with Gasteiger partial charge in [0.25, 0.3) is 0 Å². The molecule has 0 unspecified atom stereocenters. The molecular weight excluding hydrogens is 462 g/mol. The Kier molecular flexibility index (Phi) is 8.31. The Morgan fingerprint density at radius 1 is 1.27 bits per heavy atom. The lowest BCUT2D eigenvalue weighted by Gasteiger charge is -2.22. The van der Waals surface area contributed by atoms with E-state index in [1.54, 1.807) is 14.0 Å². The topological polar surface area (TPSA) is 66.5 Å². The zero-order chi connectivity index (χ0) is 18.4. The van der Waals surface area contributed by atoms with Crippen LogP contribution in [0.1, 0.15) is 22.8 Å². The van der Waals surface area contributed by atoms with Crippen molar-refractivity contribution in [3.8, 4) is 0 Å². The van der Waals surface area contributed by atoms with Crippen LogP contribution in [0.15, 0.2) is 33.8 Å². The quantitative estimate of drug-likeness (QED) is 0.402.